The Morgan fingerprint density at radius 1 is 1.05 bits per heavy atom. The van der Waals surface area contributed by atoms with Gasteiger partial charge >= 0.3 is 0 Å². The molecule has 2 aromatic carbocycles. The molecule has 0 spiro atoms. The molecule has 0 radical (unpaired) electrons. The molecule has 2 nitrogen and oxygen atoms in total. The molecule has 0 aliphatic carbocycles. The van der Waals surface area contributed by atoms with E-state index in [1.807, 2.05) is 31.4 Å². The van der Waals surface area contributed by atoms with Crippen molar-refractivity contribution in [2.45, 2.75) is 13.0 Å². The molecule has 3 aromatic rings. The maximum Gasteiger partial charge on any atom is 0.0702 e. The number of fused-ring (bicyclic) bond motifs is 1. The van der Waals surface area contributed by atoms with Crippen LogP contribution in [0.1, 0.15) is 22.7 Å². The van der Waals surface area contributed by atoms with E-state index in [0.717, 1.165) is 9.99 Å². The fraction of sp³-hybridized carbons (Fsp3) is 0.167. The predicted octanol–water partition coefficient (Wildman–Crippen LogP) is 4.61. The number of benzene rings is 2. The molecule has 0 fully saturated rings. The highest BCUT2D eigenvalue weighted by Crippen LogP contribution is 2.27. The number of nitrogens with one attached hydrogen (secondary N) is 1. The molecule has 21 heavy (non-hydrogen) atoms. The first-order chi connectivity index (χ1) is 10.2. The van der Waals surface area contributed by atoms with Gasteiger partial charge in [-0.1, -0.05) is 40.2 Å². The molecule has 3 rings (SSSR count). The third kappa shape index (κ3) is 2.99. The molecule has 0 amide bonds. The van der Waals surface area contributed by atoms with Crippen LogP contribution in [0, 0.1) is 6.92 Å². The summed E-state index contributed by atoms with van der Waals surface area (Å²) < 4.78 is 1.10. The molecular weight excluding hydrogens is 324 g/mol. The lowest BCUT2D eigenvalue weighted by molar-refractivity contribution is 0.689. The van der Waals surface area contributed by atoms with Gasteiger partial charge in [0, 0.05) is 16.1 Å². The Hall–Kier alpha value is -1.71. The van der Waals surface area contributed by atoms with Gasteiger partial charge in [-0.25, -0.2) is 0 Å². The summed E-state index contributed by atoms with van der Waals surface area (Å²) in [5.74, 6) is 0. The van der Waals surface area contributed by atoms with E-state index in [-0.39, 0.29) is 6.04 Å². The number of aryl methyl sites for hydroxylation is 1. The average molecular weight is 341 g/mol. The second-order valence-corrected chi connectivity index (χ2v) is 6.16. The lowest BCUT2D eigenvalue weighted by Gasteiger charge is -2.18. The van der Waals surface area contributed by atoms with Gasteiger partial charge < -0.3 is 5.32 Å². The van der Waals surface area contributed by atoms with Crippen LogP contribution in [-0.4, -0.2) is 12.0 Å². The quantitative estimate of drug-likeness (QED) is 0.752. The third-order valence-electron chi connectivity index (χ3n) is 3.63. The molecule has 0 saturated heterocycles. The first kappa shape index (κ1) is 14.2. The van der Waals surface area contributed by atoms with Crippen molar-refractivity contribution in [1.82, 2.24) is 10.3 Å². The number of rotatable bonds is 3. The van der Waals surface area contributed by atoms with E-state index in [2.05, 4.69) is 63.5 Å². The molecule has 0 bridgehead atoms. The molecule has 1 atom stereocenters. The highest BCUT2D eigenvalue weighted by Gasteiger charge is 2.14. The molecular formula is C18H17BrN2. The van der Waals surface area contributed by atoms with Gasteiger partial charge in [0.05, 0.1) is 11.6 Å². The van der Waals surface area contributed by atoms with E-state index in [4.69, 9.17) is 0 Å². The van der Waals surface area contributed by atoms with Crippen molar-refractivity contribution in [1.29, 1.82) is 0 Å². The fourth-order valence-electron chi connectivity index (χ4n) is 2.70. The van der Waals surface area contributed by atoms with E-state index in [1.165, 1.54) is 22.1 Å². The van der Waals surface area contributed by atoms with Gasteiger partial charge in [0.1, 0.15) is 0 Å². The summed E-state index contributed by atoms with van der Waals surface area (Å²) >= 11 is 3.58. The molecule has 3 heteroatoms. The van der Waals surface area contributed by atoms with Crippen molar-refractivity contribution in [3.8, 4) is 0 Å². The van der Waals surface area contributed by atoms with Crippen LogP contribution in [0.2, 0.25) is 0 Å². The minimum atomic E-state index is 0.137. The van der Waals surface area contributed by atoms with Crippen molar-refractivity contribution in [3.63, 3.8) is 0 Å². The van der Waals surface area contributed by atoms with Crippen LogP contribution in [0.4, 0.5) is 0 Å². The number of para-hydroxylation sites is 1. The lowest BCUT2D eigenvalue weighted by atomic mass is 9.98. The summed E-state index contributed by atoms with van der Waals surface area (Å²) in [5, 5.41) is 4.56. The van der Waals surface area contributed by atoms with E-state index in [1.54, 1.807) is 0 Å². The monoisotopic (exact) mass is 340 g/mol. The number of pyridine rings is 1. The molecule has 0 aliphatic rings. The number of halogens is 1. The molecule has 106 valence electrons. The van der Waals surface area contributed by atoms with Crippen LogP contribution >= 0.6 is 15.9 Å². The summed E-state index contributed by atoms with van der Waals surface area (Å²) in [5.41, 5.74) is 4.69. The summed E-state index contributed by atoms with van der Waals surface area (Å²) in [4.78, 5) is 4.57. The maximum atomic E-state index is 4.57. The van der Waals surface area contributed by atoms with Gasteiger partial charge in [-0.3, -0.25) is 4.98 Å². The second kappa shape index (κ2) is 5.96. The smallest absolute Gasteiger partial charge is 0.0702 e. The molecule has 1 N–H and O–H groups in total. The maximum absolute atomic E-state index is 4.57. The van der Waals surface area contributed by atoms with Crippen molar-refractivity contribution < 1.29 is 0 Å². The highest BCUT2D eigenvalue weighted by atomic mass is 79.9. The van der Waals surface area contributed by atoms with Crippen LogP contribution in [-0.2, 0) is 0 Å². The van der Waals surface area contributed by atoms with Gasteiger partial charge in [-0.15, -0.1) is 0 Å². The third-order valence-corrected chi connectivity index (χ3v) is 4.09. The Balaban J connectivity index is 2.08. The Morgan fingerprint density at radius 2 is 1.86 bits per heavy atom. The van der Waals surface area contributed by atoms with Crippen LogP contribution in [0.5, 0.6) is 0 Å². The molecule has 0 saturated carbocycles. The number of aromatic nitrogens is 1. The standard InChI is InChI=1S/C18H17BrN2/c1-12-7-14(10-16(19)8-12)18(20-2)15-9-13-5-3-4-6-17(13)21-11-15/h3-11,18,20H,1-2H3. The fourth-order valence-corrected chi connectivity index (χ4v) is 3.33. The topological polar surface area (TPSA) is 24.9 Å². The predicted molar refractivity (Wildman–Crippen MR) is 91.5 cm³/mol. The Kier molecular flexibility index (Phi) is 4.04. The molecule has 1 aromatic heterocycles. The van der Waals surface area contributed by atoms with Crippen LogP contribution < -0.4 is 5.32 Å². The molecule has 1 heterocycles. The molecule has 0 aliphatic heterocycles. The van der Waals surface area contributed by atoms with E-state index in [0.29, 0.717) is 0 Å². The number of hydrogen-bond acceptors (Lipinski definition) is 2. The van der Waals surface area contributed by atoms with Gasteiger partial charge in [0.2, 0.25) is 0 Å². The van der Waals surface area contributed by atoms with Gasteiger partial charge in [0.25, 0.3) is 0 Å². The summed E-state index contributed by atoms with van der Waals surface area (Å²) in [7, 11) is 1.98. The minimum absolute atomic E-state index is 0.137. The first-order valence-corrected chi connectivity index (χ1v) is 7.76. The zero-order valence-electron chi connectivity index (χ0n) is 12.1. The van der Waals surface area contributed by atoms with Crippen LogP contribution in [0.3, 0.4) is 0 Å². The Morgan fingerprint density at radius 3 is 2.62 bits per heavy atom. The second-order valence-electron chi connectivity index (χ2n) is 5.24. The lowest BCUT2D eigenvalue weighted by Crippen LogP contribution is -2.18. The van der Waals surface area contributed by atoms with Gasteiger partial charge in [-0.05, 0) is 54.9 Å². The van der Waals surface area contributed by atoms with Gasteiger partial charge in [0.15, 0.2) is 0 Å². The van der Waals surface area contributed by atoms with Crippen molar-refractivity contribution in [3.05, 3.63) is 75.9 Å². The SMILES string of the molecule is CNC(c1cc(C)cc(Br)c1)c1cnc2ccccc2c1. The Labute approximate surface area is 133 Å². The van der Waals surface area contributed by atoms with Crippen molar-refractivity contribution >= 4 is 26.8 Å². The normalized spacial score (nSPS) is 12.5. The zero-order valence-corrected chi connectivity index (χ0v) is 13.7. The van der Waals surface area contributed by atoms with Crippen molar-refractivity contribution in [2.75, 3.05) is 7.05 Å². The average Bonchev–Trinajstić information content (AvgIpc) is 2.47. The van der Waals surface area contributed by atoms with Gasteiger partial charge in [-0.2, -0.15) is 0 Å². The first-order valence-electron chi connectivity index (χ1n) is 6.96. The summed E-state index contributed by atoms with van der Waals surface area (Å²) in [6.07, 6.45) is 1.96. The minimum Gasteiger partial charge on any atom is -0.309 e. The van der Waals surface area contributed by atoms with E-state index in [9.17, 15) is 0 Å². The van der Waals surface area contributed by atoms with Crippen LogP contribution in [0.15, 0.2) is 59.2 Å². The Bertz CT molecular complexity index is 763. The van der Waals surface area contributed by atoms with Crippen LogP contribution in [0.25, 0.3) is 10.9 Å². The number of nitrogens with zero attached hydrogens (tertiary/aromatic N) is 1. The van der Waals surface area contributed by atoms with E-state index >= 15 is 0 Å². The number of hydrogen-bond donors (Lipinski definition) is 1. The summed E-state index contributed by atoms with van der Waals surface area (Å²) in [6, 6.07) is 17.0. The zero-order chi connectivity index (χ0) is 14.8. The van der Waals surface area contributed by atoms with E-state index < -0.39 is 0 Å². The molecule has 1 unspecified atom stereocenters. The van der Waals surface area contributed by atoms with Crippen molar-refractivity contribution in [2.24, 2.45) is 0 Å². The largest absolute Gasteiger partial charge is 0.309 e. The summed E-state index contributed by atoms with van der Waals surface area (Å²) in [6.45, 7) is 2.11. The highest BCUT2D eigenvalue weighted by molar-refractivity contribution is 9.10.